The summed E-state index contributed by atoms with van der Waals surface area (Å²) in [5.74, 6) is 1.46. The van der Waals surface area contributed by atoms with Crippen LogP contribution >= 0.6 is 0 Å². The van der Waals surface area contributed by atoms with Gasteiger partial charge >= 0.3 is 0 Å². The molecule has 28 heavy (non-hydrogen) atoms. The van der Waals surface area contributed by atoms with Crippen LogP contribution in [0.5, 0.6) is 0 Å². The smallest absolute Gasteiger partial charge is 0.220 e. The Morgan fingerprint density at radius 3 is 2.57 bits per heavy atom. The van der Waals surface area contributed by atoms with Crippen LogP contribution in [0.3, 0.4) is 0 Å². The zero-order chi connectivity index (χ0) is 19.6. The van der Waals surface area contributed by atoms with Crippen molar-refractivity contribution in [2.45, 2.75) is 39.3 Å². The van der Waals surface area contributed by atoms with Crippen LogP contribution in [0.2, 0.25) is 0 Å². The van der Waals surface area contributed by atoms with Gasteiger partial charge in [0.05, 0.1) is 12.8 Å². The van der Waals surface area contributed by atoms with E-state index in [9.17, 15) is 4.79 Å². The number of carbonyl (C=O) groups is 1. The molecule has 2 aromatic carbocycles. The lowest BCUT2D eigenvalue weighted by atomic mass is 10.1. The highest BCUT2D eigenvalue weighted by molar-refractivity contribution is 5.75. The maximum atomic E-state index is 12.1. The highest BCUT2D eigenvalue weighted by Gasteiger charge is 2.08. The van der Waals surface area contributed by atoms with Crippen LogP contribution in [0, 0.1) is 0 Å². The largest absolute Gasteiger partial charge is 0.441 e. The number of hydrogen-bond donors (Lipinski definition) is 1. The van der Waals surface area contributed by atoms with Crippen molar-refractivity contribution in [1.29, 1.82) is 0 Å². The highest BCUT2D eigenvalue weighted by Crippen LogP contribution is 2.20. The first-order valence-corrected chi connectivity index (χ1v) is 9.67. The lowest BCUT2D eigenvalue weighted by molar-refractivity contribution is -0.121. The summed E-state index contributed by atoms with van der Waals surface area (Å²) in [6, 6.07) is 18.0. The van der Waals surface area contributed by atoms with E-state index in [0.717, 1.165) is 22.5 Å². The van der Waals surface area contributed by atoms with Crippen molar-refractivity contribution in [3.05, 3.63) is 77.8 Å². The lowest BCUT2D eigenvalue weighted by Crippen LogP contribution is -2.22. The van der Waals surface area contributed by atoms with E-state index in [2.05, 4.69) is 10.3 Å². The predicted octanol–water partition coefficient (Wildman–Crippen LogP) is 4.52. The van der Waals surface area contributed by atoms with Crippen molar-refractivity contribution in [2.24, 2.45) is 0 Å². The normalized spacial score (nSPS) is 10.8. The Hall–Kier alpha value is -2.92. The van der Waals surface area contributed by atoms with Gasteiger partial charge in [-0.1, -0.05) is 54.6 Å². The molecule has 1 heterocycles. The number of rotatable bonds is 10. The molecule has 146 valence electrons. The molecule has 5 heteroatoms. The Bertz CT molecular complexity index is 857. The van der Waals surface area contributed by atoms with Crippen LogP contribution in [0.4, 0.5) is 0 Å². The van der Waals surface area contributed by atoms with Gasteiger partial charge in [0.2, 0.25) is 5.91 Å². The SMILES string of the molecule is CCOCc1ccc(CNC(=O)CCCc2ncc(-c3ccccc3)o2)cc1. The van der Waals surface area contributed by atoms with E-state index >= 15 is 0 Å². The van der Waals surface area contributed by atoms with Crippen LogP contribution in [0.15, 0.2) is 65.2 Å². The fourth-order valence-corrected chi connectivity index (χ4v) is 2.82. The molecule has 0 aliphatic heterocycles. The summed E-state index contributed by atoms with van der Waals surface area (Å²) in [5, 5.41) is 2.96. The number of oxazole rings is 1. The molecule has 0 saturated heterocycles. The average Bonchev–Trinajstić information content (AvgIpc) is 3.21. The number of carbonyl (C=O) groups excluding carboxylic acids is 1. The molecule has 1 amide bonds. The van der Waals surface area contributed by atoms with Crippen molar-refractivity contribution in [3.63, 3.8) is 0 Å². The number of aryl methyl sites for hydroxylation is 1. The molecular weight excluding hydrogens is 352 g/mol. The first-order chi connectivity index (χ1) is 13.7. The topological polar surface area (TPSA) is 64.4 Å². The number of ether oxygens (including phenoxy) is 1. The molecule has 3 rings (SSSR count). The molecule has 0 atom stereocenters. The van der Waals surface area contributed by atoms with Crippen LogP contribution < -0.4 is 5.32 Å². The van der Waals surface area contributed by atoms with E-state index in [0.29, 0.717) is 44.9 Å². The van der Waals surface area contributed by atoms with Gasteiger partial charge in [0.15, 0.2) is 11.7 Å². The third-order valence-electron chi connectivity index (χ3n) is 4.39. The Morgan fingerprint density at radius 1 is 1.07 bits per heavy atom. The van der Waals surface area contributed by atoms with E-state index in [1.54, 1.807) is 6.20 Å². The first-order valence-electron chi connectivity index (χ1n) is 9.67. The Balaban J connectivity index is 1.37. The van der Waals surface area contributed by atoms with Crippen molar-refractivity contribution < 1.29 is 13.9 Å². The van der Waals surface area contributed by atoms with Crippen molar-refractivity contribution in [2.75, 3.05) is 6.61 Å². The zero-order valence-corrected chi connectivity index (χ0v) is 16.2. The lowest BCUT2D eigenvalue weighted by Gasteiger charge is -2.06. The molecule has 0 aliphatic carbocycles. The van der Waals surface area contributed by atoms with Gasteiger partial charge in [-0.2, -0.15) is 0 Å². The monoisotopic (exact) mass is 378 g/mol. The first kappa shape index (κ1) is 19.8. The second-order valence-electron chi connectivity index (χ2n) is 6.57. The average molecular weight is 378 g/mol. The van der Waals surface area contributed by atoms with Gasteiger partial charge < -0.3 is 14.5 Å². The number of benzene rings is 2. The van der Waals surface area contributed by atoms with Crippen molar-refractivity contribution >= 4 is 5.91 Å². The molecule has 0 aliphatic rings. The van der Waals surface area contributed by atoms with Gasteiger partial charge in [-0.3, -0.25) is 4.79 Å². The maximum absolute atomic E-state index is 12.1. The third kappa shape index (κ3) is 6.06. The summed E-state index contributed by atoms with van der Waals surface area (Å²) in [6.07, 6.45) is 3.53. The summed E-state index contributed by atoms with van der Waals surface area (Å²) in [5.41, 5.74) is 3.22. The quantitative estimate of drug-likeness (QED) is 0.563. The molecule has 3 aromatic rings. The van der Waals surface area contributed by atoms with E-state index in [1.807, 2.05) is 61.5 Å². The van der Waals surface area contributed by atoms with Gasteiger partial charge in [-0.05, 0) is 24.5 Å². The van der Waals surface area contributed by atoms with Gasteiger partial charge in [-0.25, -0.2) is 4.98 Å². The molecule has 0 saturated carbocycles. The number of nitrogens with one attached hydrogen (secondary N) is 1. The highest BCUT2D eigenvalue weighted by atomic mass is 16.5. The summed E-state index contributed by atoms with van der Waals surface area (Å²) < 4.78 is 11.1. The molecule has 0 radical (unpaired) electrons. The van der Waals surface area contributed by atoms with E-state index in [4.69, 9.17) is 9.15 Å². The van der Waals surface area contributed by atoms with Gasteiger partial charge in [0, 0.05) is 31.6 Å². The van der Waals surface area contributed by atoms with Crippen LogP contribution in [0.25, 0.3) is 11.3 Å². The number of nitrogens with zero attached hydrogens (tertiary/aromatic N) is 1. The number of hydrogen-bond acceptors (Lipinski definition) is 4. The van der Waals surface area contributed by atoms with Crippen LogP contribution in [-0.4, -0.2) is 17.5 Å². The molecule has 0 spiro atoms. The second-order valence-corrected chi connectivity index (χ2v) is 6.57. The minimum Gasteiger partial charge on any atom is -0.441 e. The van der Waals surface area contributed by atoms with E-state index < -0.39 is 0 Å². The summed E-state index contributed by atoms with van der Waals surface area (Å²) in [6.45, 7) is 3.84. The predicted molar refractivity (Wildman–Crippen MR) is 108 cm³/mol. The molecule has 0 unspecified atom stereocenters. The Kier molecular flexibility index (Phi) is 7.38. The molecule has 0 bridgehead atoms. The van der Waals surface area contributed by atoms with Crippen LogP contribution in [-0.2, 0) is 29.1 Å². The fourth-order valence-electron chi connectivity index (χ4n) is 2.82. The minimum absolute atomic E-state index is 0.0354. The number of aromatic nitrogens is 1. The summed E-state index contributed by atoms with van der Waals surface area (Å²) in [7, 11) is 0. The van der Waals surface area contributed by atoms with Gasteiger partial charge in [-0.15, -0.1) is 0 Å². The van der Waals surface area contributed by atoms with Crippen molar-refractivity contribution in [1.82, 2.24) is 10.3 Å². The van der Waals surface area contributed by atoms with Crippen molar-refractivity contribution in [3.8, 4) is 11.3 Å². The van der Waals surface area contributed by atoms with Gasteiger partial charge in [0.1, 0.15) is 0 Å². The molecule has 1 N–H and O–H groups in total. The minimum atomic E-state index is 0.0354. The second kappa shape index (κ2) is 10.4. The number of amides is 1. The fraction of sp³-hybridized carbons (Fsp3) is 0.304. The zero-order valence-electron chi connectivity index (χ0n) is 16.2. The standard InChI is InChI=1S/C23H26N2O3/c1-2-27-17-19-13-11-18(12-14-19)15-24-22(26)9-6-10-23-25-16-21(28-23)20-7-4-3-5-8-20/h3-5,7-8,11-14,16H,2,6,9-10,15,17H2,1H3,(H,24,26). The summed E-state index contributed by atoms with van der Waals surface area (Å²) in [4.78, 5) is 16.4. The molecular formula is C23H26N2O3. The third-order valence-corrected chi connectivity index (χ3v) is 4.39. The van der Waals surface area contributed by atoms with Gasteiger partial charge in [0.25, 0.3) is 0 Å². The molecule has 1 aromatic heterocycles. The summed E-state index contributed by atoms with van der Waals surface area (Å²) >= 11 is 0. The Morgan fingerprint density at radius 2 is 1.82 bits per heavy atom. The molecule has 5 nitrogen and oxygen atoms in total. The maximum Gasteiger partial charge on any atom is 0.220 e. The van der Waals surface area contributed by atoms with E-state index in [1.165, 1.54) is 0 Å². The Labute approximate surface area is 165 Å². The van der Waals surface area contributed by atoms with E-state index in [-0.39, 0.29) is 5.91 Å². The van der Waals surface area contributed by atoms with Crippen LogP contribution in [0.1, 0.15) is 36.8 Å². The molecule has 0 fully saturated rings.